The molecule has 0 aromatic heterocycles. The van der Waals surface area contributed by atoms with Crippen LogP contribution < -0.4 is 5.32 Å². The van der Waals surface area contributed by atoms with E-state index in [1.54, 1.807) is 0 Å². The molecule has 0 spiro atoms. The maximum absolute atomic E-state index is 13.2. The van der Waals surface area contributed by atoms with Gasteiger partial charge in [0, 0.05) is 10.5 Å². The zero-order chi connectivity index (χ0) is 17.0. The number of carbonyl (C=O) groups excluding carboxylic acids is 2. The first-order chi connectivity index (χ1) is 10.9. The van der Waals surface area contributed by atoms with Crippen LogP contribution in [0.15, 0.2) is 22.7 Å². The van der Waals surface area contributed by atoms with Gasteiger partial charge in [0.2, 0.25) is 0 Å². The Morgan fingerprint density at radius 1 is 1.35 bits per heavy atom. The van der Waals surface area contributed by atoms with E-state index < -0.39 is 17.9 Å². The molecule has 126 valence electrons. The number of ether oxygens (including phenoxy) is 1. The summed E-state index contributed by atoms with van der Waals surface area (Å²) in [6, 6.07) is 3.88. The van der Waals surface area contributed by atoms with E-state index in [1.807, 2.05) is 0 Å². The predicted octanol–water partition coefficient (Wildman–Crippen LogP) is 3.83. The van der Waals surface area contributed by atoms with Crippen LogP contribution >= 0.6 is 15.9 Å². The molecular formula is C17H21BrFNO3. The topological polar surface area (TPSA) is 55.4 Å². The molecule has 23 heavy (non-hydrogen) atoms. The SMILES string of the molecule is C[C@@H](OC(=O)c1cc(F)ccc1Br)C(=O)N[C@@H]1CCCC[C@@H]1C. The number of nitrogens with one attached hydrogen (secondary N) is 1. The number of hydrogen-bond acceptors (Lipinski definition) is 3. The van der Waals surface area contributed by atoms with Gasteiger partial charge in [-0.1, -0.05) is 19.8 Å². The monoisotopic (exact) mass is 385 g/mol. The maximum atomic E-state index is 13.2. The zero-order valence-electron chi connectivity index (χ0n) is 13.3. The van der Waals surface area contributed by atoms with Crippen molar-refractivity contribution in [3.05, 3.63) is 34.1 Å². The van der Waals surface area contributed by atoms with Gasteiger partial charge in [-0.3, -0.25) is 4.79 Å². The maximum Gasteiger partial charge on any atom is 0.340 e. The third-order valence-electron chi connectivity index (χ3n) is 4.24. The van der Waals surface area contributed by atoms with E-state index in [1.165, 1.54) is 25.5 Å². The van der Waals surface area contributed by atoms with E-state index >= 15 is 0 Å². The minimum absolute atomic E-state index is 0.0654. The normalized spacial score (nSPS) is 22.3. The Labute approximate surface area is 143 Å². The number of halogens is 2. The van der Waals surface area contributed by atoms with Gasteiger partial charge in [0.05, 0.1) is 5.56 Å². The van der Waals surface area contributed by atoms with Crippen molar-refractivity contribution < 1.29 is 18.7 Å². The van der Waals surface area contributed by atoms with Crippen molar-refractivity contribution in [2.24, 2.45) is 5.92 Å². The summed E-state index contributed by atoms with van der Waals surface area (Å²) >= 11 is 3.18. The highest BCUT2D eigenvalue weighted by Gasteiger charge is 2.27. The molecule has 3 atom stereocenters. The van der Waals surface area contributed by atoms with Crippen molar-refractivity contribution in [3.63, 3.8) is 0 Å². The second-order valence-corrected chi connectivity index (χ2v) is 6.90. The lowest BCUT2D eigenvalue weighted by atomic mass is 9.86. The van der Waals surface area contributed by atoms with Gasteiger partial charge >= 0.3 is 5.97 Å². The molecule has 1 aromatic carbocycles. The fourth-order valence-electron chi connectivity index (χ4n) is 2.76. The van der Waals surface area contributed by atoms with E-state index in [0.29, 0.717) is 10.4 Å². The lowest BCUT2D eigenvalue weighted by Crippen LogP contribution is -2.46. The van der Waals surface area contributed by atoms with E-state index in [9.17, 15) is 14.0 Å². The third kappa shape index (κ3) is 4.77. The molecule has 1 saturated carbocycles. The van der Waals surface area contributed by atoms with Crippen molar-refractivity contribution in [1.82, 2.24) is 5.32 Å². The molecule has 1 aromatic rings. The molecule has 0 bridgehead atoms. The van der Waals surface area contributed by atoms with Gasteiger partial charge < -0.3 is 10.1 Å². The Kier molecular flexibility index (Phi) is 6.16. The molecular weight excluding hydrogens is 365 g/mol. The second kappa shape index (κ2) is 7.90. The molecule has 0 heterocycles. The molecule has 0 saturated heterocycles. The smallest absolute Gasteiger partial charge is 0.340 e. The highest BCUT2D eigenvalue weighted by molar-refractivity contribution is 9.10. The number of rotatable bonds is 4. The Morgan fingerprint density at radius 3 is 2.74 bits per heavy atom. The Morgan fingerprint density at radius 2 is 2.04 bits per heavy atom. The van der Waals surface area contributed by atoms with E-state index in [-0.39, 0.29) is 17.5 Å². The number of esters is 1. The number of amides is 1. The number of benzene rings is 1. The standard InChI is InChI=1S/C17H21BrFNO3/c1-10-5-3-4-6-15(10)20-16(21)11(2)23-17(22)13-9-12(19)7-8-14(13)18/h7-11,15H,3-6H2,1-2H3,(H,20,21)/t10-,11+,15+/m0/s1. The summed E-state index contributed by atoms with van der Waals surface area (Å²) in [4.78, 5) is 24.3. The molecule has 4 nitrogen and oxygen atoms in total. The summed E-state index contributed by atoms with van der Waals surface area (Å²) in [5.41, 5.74) is 0.0654. The van der Waals surface area contributed by atoms with Crippen LogP contribution in [-0.2, 0) is 9.53 Å². The van der Waals surface area contributed by atoms with Crippen LogP contribution in [0.1, 0.15) is 49.9 Å². The van der Waals surface area contributed by atoms with Gasteiger partial charge in [-0.2, -0.15) is 0 Å². The first kappa shape index (κ1) is 17.9. The molecule has 0 unspecified atom stereocenters. The van der Waals surface area contributed by atoms with Crippen molar-refractivity contribution in [3.8, 4) is 0 Å². The molecule has 0 radical (unpaired) electrons. The van der Waals surface area contributed by atoms with Crippen LogP contribution in [0.3, 0.4) is 0 Å². The van der Waals surface area contributed by atoms with Crippen molar-refractivity contribution >= 4 is 27.8 Å². The van der Waals surface area contributed by atoms with Crippen LogP contribution in [0, 0.1) is 11.7 Å². The molecule has 1 aliphatic rings. The van der Waals surface area contributed by atoms with Gasteiger partial charge in [0.1, 0.15) is 5.82 Å². The van der Waals surface area contributed by atoms with Crippen molar-refractivity contribution in [2.45, 2.75) is 51.7 Å². The van der Waals surface area contributed by atoms with E-state index in [2.05, 4.69) is 28.2 Å². The predicted molar refractivity (Wildman–Crippen MR) is 88.5 cm³/mol. The Balaban J connectivity index is 1.94. The molecule has 1 amide bonds. The van der Waals surface area contributed by atoms with Gasteiger partial charge in [0.25, 0.3) is 5.91 Å². The van der Waals surface area contributed by atoms with Crippen LogP contribution in [-0.4, -0.2) is 24.0 Å². The lowest BCUT2D eigenvalue weighted by molar-refractivity contribution is -0.130. The summed E-state index contributed by atoms with van der Waals surface area (Å²) in [6.07, 6.45) is 3.40. The van der Waals surface area contributed by atoms with Gasteiger partial charge in [0.15, 0.2) is 6.10 Å². The number of carbonyl (C=O) groups is 2. The van der Waals surface area contributed by atoms with Crippen LogP contribution in [0.25, 0.3) is 0 Å². The van der Waals surface area contributed by atoms with Gasteiger partial charge in [-0.05, 0) is 59.8 Å². The van der Waals surface area contributed by atoms with Crippen molar-refractivity contribution in [1.29, 1.82) is 0 Å². The molecule has 1 fully saturated rings. The summed E-state index contributed by atoms with van der Waals surface area (Å²) in [5.74, 6) is -1.15. The summed E-state index contributed by atoms with van der Waals surface area (Å²) < 4.78 is 18.8. The average Bonchev–Trinajstić information content (AvgIpc) is 2.51. The Hall–Kier alpha value is -1.43. The quantitative estimate of drug-likeness (QED) is 0.801. The Bertz CT molecular complexity index is 593. The summed E-state index contributed by atoms with van der Waals surface area (Å²) in [7, 11) is 0. The highest BCUT2D eigenvalue weighted by Crippen LogP contribution is 2.24. The number of hydrogen-bond donors (Lipinski definition) is 1. The summed E-state index contributed by atoms with van der Waals surface area (Å²) in [5, 5.41) is 2.95. The highest BCUT2D eigenvalue weighted by atomic mass is 79.9. The molecule has 1 aliphatic carbocycles. The van der Waals surface area contributed by atoms with Crippen LogP contribution in [0.5, 0.6) is 0 Å². The first-order valence-electron chi connectivity index (χ1n) is 7.85. The van der Waals surface area contributed by atoms with Gasteiger partial charge in [-0.25, -0.2) is 9.18 Å². The molecule has 2 rings (SSSR count). The van der Waals surface area contributed by atoms with E-state index in [0.717, 1.165) is 25.3 Å². The second-order valence-electron chi connectivity index (χ2n) is 6.05. The summed E-state index contributed by atoms with van der Waals surface area (Å²) in [6.45, 7) is 3.64. The minimum atomic E-state index is -0.924. The van der Waals surface area contributed by atoms with Crippen molar-refractivity contribution in [2.75, 3.05) is 0 Å². The molecule has 6 heteroatoms. The fraction of sp³-hybridized carbons (Fsp3) is 0.529. The fourth-order valence-corrected chi connectivity index (χ4v) is 3.17. The van der Waals surface area contributed by atoms with E-state index in [4.69, 9.17) is 4.74 Å². The van der Waals surface area contributed by atoms with Crippen LogP contribution in [0.2, 0.25) is 0 Å². The van der Waals surface area contributed by atoms with Gasteiger partial charge in [-0.15, -0.1) is 0 Å². The largest absolute Gasteiger partial charge is 0.449 e. The first-order valence-corrected chi connectivity index (χ1v) is 8.64. The minimum Gasteiger partial charge on any atom is -0.449 e. The lowest BCUT2D eigenvalue weighted by Gasteiger charge is -2.30. The molecule has 1 N–H and O–H groups in total. The molecule has 0 aliphatic heterocycles. The average molecular weight is 386 g/mol. The van der Waals surface area contributed by atoms with Crippen LogP contribution in [0.4, 0.5) is 4.39 Å². The zero-order valence-corrected chi connectivity index (χ0v) is 14.9. The third-order valence-corrected chi connectivity index (χ3v) is 4.93.